The molecule has 0 bridgehead atoms. The molecule has 3 nitrogen and oxygen atoms in total. The fourth-order valence-corrected chi connectivity index (χ4v) is 4.17. The van der Waals surface area contributed by atoms with Crippen LogP contribution in [0.4, 0.5) is 5.82 Å². The molecule has 1 aromatic carbocycles. The van der Waals surface area contributed by atoms with Crippen LogP contribution >= 0.6 is 11.6 Å². The molecule has 20 heavy (non-hydrogen) atoms. The van der Waals surface area contributed by atoms with Crippen LogP contribution in [0.15, 0.2) is 24.3 Å². The van der Waals surface area contributed by atoms with E-state index in [0.717, 1.165) is 28.0 Å². The lowest BCUT2D eigenvalue weighted by Crippen LogP contribution is -1.91. The van der Waals surface area contributed by atoms with Crippen LogP contribution in [0.2, 0.25) is 5.02 Å². The Morgan fingerprint density at radius 1 is 1.20 bits per heavy atom. The van der Waals surface area contributed by atoms with Crippen molar-refractivity contribution in [3.8, 4) is 11.1 Å². The highest BCUT2D eigenvalue weighted by molar-refractivity contribution is 6.30. The van der Waals surface area contributed by atoms with Crippen molar-refractivity contribution in [2.75, 3.05) is 5.73 Å². The molecule has 0 saturated heterocycles. The average molecular weight is 288 g/mol. The zero-order valence-electron chi connectivity index (χ0n) is 11.3. The number of rotatable bonds is 2. The van der Waals surface area contributed by atoms with E-state index in [0.29, 0.717) is 11.7 Å². The molecule has 2 saturated carbocycles. The van der Waals surface area contributed by atoms with Crippen LogP contribution in [0, 0.1) is 11.8 Å². The zero-order chi connectivity index (χ0) is 13.7. The lowest BCUT2D eigenvalue weighted by Gasteiger charge is -2.04. The summed E-state index contributed by atoms with van der Waals surface area (Å²) in [4.78, 5) is 0. The minimum absolute atomic E-state index is 0.589. The highest BCUT2D eigenvalue weighted by Crippen LogP contribution is 2.62. The Kier molecular flexibility index (Phi) is 2.77. The van der Waals surface area contributed by atoms with E-state index in [1.807, 2.05) is 18.2 Å². The summed E-state index contributed by atoms with van der Waals surface area (Å²) in [5.41, 5.74) is 9.45. The molecule has 2 aromatic rings. The number of hydrogen-bond acceptors (Lipinski definition) is 2. The van der Waals surface area contributed by atoms with E-state index in [1.165, 1.54) is 31.4 Å². The largest absolute Gasteiger partial charge is 0.382 e. The Labute approximate surface area is 123 Å². The van der Waals surface area contributed by atoms with E-state index < -0.39 is 0 Å². The molecule has 0 amide bonds. The number of aromatic amines is 1. The Bertz CT molecular complexity index is 637. The summed E-state index contributed by atoms with van der Waals surface area (Å²) in [6.07, 6.45) is 5.44. The van der Waals surface area contributed by atoms with E-state index in [4.69, 9.17) is 17.3 Å². The molecule has 2 atom stereocenters. The minimum atomic E-state index is 0.589. The summed E-state index contributed by atoms with van der Waals surface area (Å²) in [5.74, 6) is 2.88. The number of hydrogen-bond donors (Lipinski definition) is 2. The van der Waals surface area contributed by atoms with Gasteiger partial charge in [0.2, 0.25) is 0 Å². The predicted molar refractivity (Wildman–Crippen MR) is 81.6 cm³/mol. The molecule has 4 rings (SSSR count). The van der Waals surface area contributed by atoms with Crippen molar-refractivity contribution in [1.29, 1.82) is 0 Å². The first kappa shape index (κ1) is 12.3. The molecule has 1 aromatic heterocycles. The van der Waals surface area contributed by atoms with E-state index in [-0.39, 0.29) is 0 Å². The topological polar surface area (TPSA) is 54.7 Å². The van der Waals surface area contributed by atoms with Gasteiger partial charge in [-0.25, -0.2) is 0 Å². The number of nitrogen functional groups attached to an aromatic ring is 1. The highest BCUT2D eigenvalue weighted by Gasteiger charge is 2.53. The summed E-state index contributed by atoms with van der Waals surface area (Å²) < 4.78 is 0. The molecule has 0 radical (unpaired) electrons. The zero-order valence-corrected chi connectivity index (χ0v) is 12.0. The molecule has 2 aliphatic carbocycles. The lowest BCUT2D eigenvalue weighted by molar-refractivity contribution is 0.480. The van der Waals surface area contributed by atoms with Gasteiger partial charge < -0.3 is 5.73 Å². The van der Waals surface area contributed by atoms with Gasteiger partial charge in [-0.3, -0.25) is 5.10 Å². The van der Waals surface area contributed by atoms with Gasteiger partial charge in [0.15, 0.2) is 5.82 Å². The summed E-state index contributed by atoms with van der Waals surface area (Å²) >= 11 is 6.11. The lowest BCUT2D eigenvalue weighted by atomic mass is 10.0. The molecule has 0 aliphatic heterocycles. The van der Waals surface area contributed by atoms with E-state index in [9.17, 15) is 0 Å². The number of fused-ring (bicyclic) bond motifs is 1. The van der Waals surface area contributed by atoms with E-state index in [2.05, 4.69) is 16.3 Å². The summed E-state index contributed by atoms with van der Waals surface area (Å²) in [5, 5.41) is 8.18. The van der Waals surface area contributed by atoms with Crippen molar-refractivity contribution >= 4 is 17.4 Å². The molecular formula is C16H18ClN3. The summed E-state index contributed by atoms with van der Waals surface area (Å²) in [6, 6.07) is 7.88. The Balaban J connectivity index is 1.75. The summed E-state index contributed by atoms with van der Waals surface area (Å²) in [7, 11) is 0. The van der Waals surface area contributed by atoms with Crippen molar-refractivity contribution in [2.45, 2.75) is 31.6 Å². The fraction of sp³-hybridized carbons (Fsp3) is 0.438. The maximum Gasteiger partial charge on any atom is 0.153 e. The molecule has 104 valence electrons. The Morgan fingerprint density at radius 2 is 1.95 bits per heavy atom. The highest BCUT2D eigenvalue weighted by atomic mass is 35.5. The molecule has 4 heteroatoms. The molecule has 2 unspecified atom stereocenters. The van der Waals surface area contributed by atoms with Crippen LogP contribution in [0.5, 0.6) is 0 Å². The second-order valence-corrected chi connectivity index (χ2v) is 6.48. The monoisotopic (exact) mass is 287 g/mol. The van der Waals surface area contributed by atoms with Gasteiger partial charge >= 0.3 is 0 Å². The normalized spacial score (nSPS) is 28.1. The Morgan fingerprint density at radius 3 is 2.65 bits per heavy atom. The predicted octanol–water partition coefficient (Wildman–Crippen LogP) is 4.22. The van der Waals surface area contributed by atoms with Crippen molar-refractivity contribution in [2.24, 2.45) is 11.8 Å². The smallest absolute Gasteiger partial charge is 0.153 e. The van der Waals surface area contributed by atoms with Gasteiger partial charge in [0, 0.05) is 22.2 Å². The van der Waals surface area contributed by atoms with Gasteiger partial charge in [-0.15, -0.1) is 0 Å². The third-order valence-corrected chi connectivity index (χ3v) is 5.16. The molecule has 3 N–H and O–H groups in total. The fourth-order valence-electron chi connectivity index (χ4n) is 3.98. The van der Waals surface area contributed by atoms with Crippen molar-refractivity contribution < 1.29 is 0 Å². The van der Waals surface area contributed by atoms with Crippen molar-refractivity contribution in [1.82, 2.24) is 10.2 Å². The maximum absolute atomic E-state index is 6.11. The van der Waals surface area contributed by atoms with Crippen LogP contribution in [0.25, 0.3) is 11.1 Å². The van der Waals surface area contributed by atoms with Crippen LogP contribution < -0.4 is 5.73 Å². The SMILES string of the molecule is Nc1n[nH]c(C2C3CCCCC32)c1-c1cccc(Cl)c1. The van der Waals surface area contributed by atoms with Gasteiger partial charge in [-0.1, -0.05) is 36.6 Å². The second-order valence-electron chi connectivity index (χ2n) is 6.05. The van der Waals surface area contributed by atoms with Gasteiger partial charge in [-0.2, -0.15) is 5.10 Å². The first-order valence-corrected chi connectivity index (χ1v) is 7.73. The van der Waals surface area contributed by atoms with Crippen molar-refractivity contribution in [3.63, 3.8) is 0 Å². The van der Waals surface area contributed by atoms with Crippen molar-refractivity contribution in [3.05, 3.63) is 35.0 Å². The number of anilines is 1. The van der Waals surface area contributed by atoms with Gasteiger partial charge in [0.25, 0.3) is 0 Å². The van der Waals surface area contributed by atoms with Gasteiger partial charge in [0.05, 0.1) is 0 Å². The first-order chi connectivity index (χ1) is 9.75. The minimum Gasteiger partial charge on any atom is -0.382 e. The average Bonchev–Trinajstić information content (AvgIpc) is 3.06. The third-order valence-electron chi connectivity index (χ3n) is 4.93. The molecule has 1 heterocycles. The van der Waals surface area contributed by atoms with Crippen LogP contribution in [0.1, 0.15) is 37.3 Å². The van der Waals surface area contributed by atoms with Gasteiger partial charge in [0.1, 0.15) is 0 Å². The quantitative estimate of drug-likeness (QED) is 0.869. The number of H-pyrrole nitrogens is 1. The van der Waals surface area contributed by atoms with E-state index in [1.54, 1.807) is 0 Å². The van der Waals surface area contributed by atoms with E-state index >= 15 is 0 Å². The number of aromatic nitrogens is 2. The molecule has 2 aliphatic rings. The number of halogens is 1. The second kappa shape index (κ2) is 4.52. The maximum atomic E-state index is 6.11. The molecule has 0 spiro atoms. The Hall–Kier alpha value is -1.48. The molecule has 2 fully saturated rings. The van der Waals surface area contributed by atoms with Gasteiger partial charge in [-0.05, 0) is 42.4 Å². The van der Waals surface area contributed by atoms with Crippen LogP contribution in [-0.4, -0.2) is 10.2 Å². The number of nitrogens with one attached hydrogen (secondary N) is 1. The summed E-state index contributed by atoms with van der Waals surface area (Å²) in [6.45, 7) is 0. The van der Waals surface area contributed by atoms with Crippen LogP contribution in [0.3, 0.4) is 0 Å². The third kappa shape index (κ3) is 1.84. The first-order valence-electron chi connectivity index (χ1n) is 7.35. The number of benzene rings is 1. The molecular weight excluding hydrogens is 270 g/mol. The van der Waals surface area contributed by atoms with Crippen LogP contribution in [-0.2, 0) is 0 Å². The number of nitrogens with two attached hydrogens (primary N) is 1. The number of nitrogens with zero attached hydrogens (tertiary/aromatic N) is 1. The standard InChI is InChI=1S/C16H18ClN3/c17-10-5-3-4-9(8-10)13-15(19-20-16(13)18)14-11-6-1-2-7-12(11)14/h3-5,8,11-12,14H,1-2,6-7H2,(H3,18,19,20).